The number of amides is 1. The Labute approximate surface area is 231 Å². The second-order valence-electron chi connectivity index (χ2n) is 10.0. The van der Waals surface area contributed by atoms with E-state index in [-0.39, 0.29) is 18.4 Å². The van der Waals surface area contributed by atoms with Gasteiger partial charge in [0.2, 0.25) is 5.88 Å². The van der Waals surface area contributed by atoms with Crippen molar-refractivity contribution in [3.63, 3.8) is 0 Å². The number of fused-ring (bicyclic) bond motifs is 1. The van der Waals surface area contributed by atoms with Crippen molar-refractivity contribution < 1.29 is 22.7 Å². The molecule has 10 heteroatoms. The Bertz CT molecular complexity index is 1390. The molecule has 2 N–H and O–H groups in total. The molecular formula is C30H32F3N5O2. The lowest BCUT2D eigenvalue weighted by Gasteiger charge is -2.23. The minimum absolute atomic E-state index is 0.0984. The number of nitrogens with two attached hydrogens (primary N) is 1. The Kier molecular flexibility index (Phi) is 8.23. The van der Waals surface area contributed by atoms with Crippen LogP contribution in [0.2, 0.25) is 0 Å². The fourth-order valence-electron chi connectivity index (χ4n) is 5.16. The molecule has 210 valence electrons. The molecule has 1 aromatic carbocycles. The number of alkyl halides is 3. The van der Waals surface area contributed by atoms with Crippen LogP contribution in [-0.2, 0) is 6.54 Å². The molecule has 40 heavy (non-hydrogen) atoms. The Morgan fingerprint density at radius 3 is 2.77 bits per heavy atom. The molecule has 0 saturated carbocycles. The fraction of sp³-hybridized carbons (Fsp3) is 0.367. The molecule has 3 aliphatic rings. The van der Waals surface area contributed by atoms with Crippen molar-refractivity contribution in [1.82, 2.24) is 14.7 Å². The maximum Gasteiger partial charge on any atom is 0.412 e. The van der Waals surface area contributed by atoms with Gasteiger partial charge in [0.15, 0.2) is 5.69 Å². The van der Waals surface area contributed by atoms with Crippen LogP contribution in [0.25, 0.3) is 11.1 Å². The van der Waals surface area contributed by atoms with E-state index in [0.717, 1.165) is 42.9 Å². The van der Waals surface area contributed by atoms with Crippen molar-refractivity contribution in [1.29, 1.82) is 0 Å². The summed E-state index contributed by atoms with van der Waals surface area (Å²) in [6, 6.07) is 9.63. The third kappa shape index (κ3) is 6.05. The number of carbonyl (C=O) groups excluding carboxylic acids is 1. The lowest BCUT2D eigenvalue weighted by molar-refractivity contribution is -0.0928. The lowest BCUT2D eigenvalue weighted by Crippen LogP contribution is -2.37. The van der Waals surface area contributed by atoms with Crippen molar-refractivity contribution in [2.45, 2.75) is 50.9 Å². The predicted octanol–water partition coefficient (Wildman–Crippen LogP) is 5.62. The summed E-state index contributed by atoms with van der Waals surface area (Å²) in [6.45, 7) is 2.28. The smallest absolute Gasteiger partial charge is 0.412 e. The highest BCUT2D eigenvalue weighted by Crippen LogP contribution is 2.37. The quantitative estimate of drug-likeness (QED) is 0.473. The van der Waals surface area contributed by atoms with Crippen molar-refractivity contribution in [2.24, 2.45) is 10.7 Å². The highest BCUT2D eigenvalue weighted by Gasteiger charge is 2.35. The molecule has 7 nitrogen and oxygen atoms in total. The molecule has 3 heterocycles. The van der Waals surface area contributed by atoms with Gasteiger partial charge < -0.3 is 15.4 Å². The van der Waals surface area contributed by atoms with Gasteiger partial charge in [-0.05, 0) is 49.3 Å². The monoisotopic (exact) mass is 551 g/mol. The zero-order valence-corrected chi connectivity index (χ0v) is 22.1. The van der Waals surface area contributed by atoms with Crippen LogP contribution in [-0.4, -0.2) is 58.7 Å². The van der Waals surface area contributed by atoms with Crippen LogP contribution in [0.5, 0.6) is 5.88 Å². The van der Waals surface area contributed by atoms with E-state index in [0.29, 0.717) is 49.1 Å². The van der Waals surface area contributed by atoms with Crippen LogP contribution in [0.15, 0.2) is 82.5 Å². The Morgan fingerprint density at radius 2 is 1.98 bits per heavy atom. The average Bonchev–Trinajstić information content (AvgIpc) is 3.36. The summed E-state index contributed by atoms with van der Waals surface area (Å²) in [4.78, 5) is 20.2. The third-order valence-corrected chi connectivity index (χ3v) is 7.28. The zero-order valence-electron chi connectivity index (χ0n) is 22.1. The standard InChI is InChI=1S/C30H32F3N5O2/c31-30(32,33)23-11-6-10-21(13-14-23)25(34)15-16-35-20-24-12-7-17-37(24)28(39)27-26(22-8-2-1-3-9-22)29-38(36-27)18-4-5-19-40-29/h1-3,6,8-10,13-16,24H,4-5,7,11-12,17-20,34H2/b25-15-,35-16?/t24-/m0/s1. The molecule has 5 rings (SSSR count). The van der Waals surface area contributed by atoms with E-state index in [1.807, 2.05) is 39.9 Å². The van der Waals surface area contributed by atoms with Crippen molar-refractivity contribution in [2.75, 3.05) is 19.7 Å². The molecule has 1 atom stereocenters. The number of likely N-dealkylation sites (tertiary alicyclic amines) is 1. The maximum absolute atomic E-state index is 13.8. The first-order chi connectivity index (χ1) is 19.3. The molecule has 0 bridgehead atoms. The third-order valence-electron chi connectivity index (χ3n) is 7.28. The molecule has 2 aliphatic heterocycles. The molecule has 1 aliphatic carbocycles. The minimum Gasteiger partial charge on any atom is -0.477 e. The summed E-state index contributed by atoms with van der Waals surface area (Å²) in [5, 5.41) is 4.71. The van der Waals surface area contributed by atoms with E-state index in [9.17, 15) is 18.0 Å². The first-order valence-electron chi connectivity index (χ1n) is 13.5. The van der Waals surface area contributed by atoms with E-state index in [1.165, 1.54) is 12.2 Å². The molecular weight excluding hydrogens is 519 g/mol. The minimum atomic E-state index is -4.37. The number of aromatic nitrogens is 2. The molecule has 1 saturated heterocycles. The number of hydrogen-bond acceptors (Lipinski definition) is 5. The van der Waals surface area contributed by atoms with Crippen LogP contribution in [0.3, 0.4) is 0 Å². The number of rotatable bonds is 6. The number of hydrogen-bond donors (Lipinski definition) is 1. The molecule has 0 radical (unpaired) electrons. The molecule has 0 spiro atoms. The lowest BCUT2D eigenvalue weighted by atomic mass is 10.0. The van der Waals surface area contributed by atoms with E-state index in [2.05, 4.69) is 4.99 Å². The Morgan fingerprint density at radius 1 is 1.15 bits per heavy atom. The van der Waals surface area contributed by atoms with Gasteiger partial charge in [-0.15, -0.1) is 0 Å². The van der Waals surface area contributed by atoms with Gasteiger partial charge >= 0.3 is 6.18 Å². The zero-order chi connectivity index (χ0) is 28.1. The van der Waals surface area contributed by atoms with E-state index < -0.39 is 11.7 Å². The van der Waals surface area contributed by atoms with Crippen LogP contribution in [0.4, 0.5) is 13.2 Å². The maximum atomic E-state index is 13.8. The van der Waals surface area contributed by atoms with Crippen LogP contribution < -0.4 is 10.5 Å². The molecule has 1 fully saturated rings. The molecule has 1 aromatic heterocycles. The Hall–Kier alpha value is -4.08. The van der Waals surface area contributed by atoms with Gasteiger partial charge in [-0.2, -0.15) is 18.3 Å². The first kappa shape index (κ1) is 27.5. The largest absolute Gasteiger partial charge is 0.477 e. The average molecular weight is 552 g/mol. The highest BCUT2D eigenvalue weighted by atomic mass is 19.4. The number of nitrogens with zero attached hydrogens (tertiary/aromatic N) is 4. The Balaban J connectivity index is 1.31. The van der Waals surface area contributed by atoms with Crippen molar-refractivity contribution in [3.8, 4) is 17.0 Å². The van der Waals surface area contributed by atoms with E-state index >= 15 is 0 Å². The summed E-state index contributed by atoms with van der Waals surface area (Å²) in [6.07, 6.45) is 7.53. The van der Waals surface area contributed by atoms with Gasteiger partial charge in [-0.1, -0.05) is 54.6 Å². The summed E-state index contributed by atoms with van der Waals surface area (Å²) >= 11 is 0. The van der Waals surface area contributed by atoms with Crippen LogP contribution >= 0.6 is 0 Å². The number of benzene rings is 1. The van der Waals surface area contributed by atoms with Crippen molar-refractivity contribution >= 4 is 12.1 Å². The van der Waals surface area contributed by atoms with Crippen LogP contribution in [0.1, 0.15) is 42.6 Å². The summed E-state index contributed by atoms with van der Waals surface area (Å²) in [5.41, 5.74) is 8.28. The summed E-state index contributed by atoms with van der Waals surface area (Å²) < 4.78 is 46.8. The fourth-order valence-corrected chi connectivity index (χ4v) is 5.16. The topological polar surface area (TPSA) is 85.7 Å². The van der Waals surface area contributed by atoms with E-state index in [1.54, 1.807) is 18.4 Å². The van der Waals surface area contributed by atoms with Gasteiger partial charge in [-0.25, -0.2) is 4.68 Å². The second-order valence-corrected chi connectivity index (χ2v) is 10.0. The predicted molar refractivity (Wildman–Crippen MR) is 148 cm³/mol. The number of halogens is 3. The van der Waals surface area contributed by atoms with E-state index in [4.69, 9.17) is 15.6 Å². The SMILES string of the molecule is N/C(=C\C=NC[C@@H]1CCCN1C(=O)c1nn2c(c1-c1ccccc1)OCCCC2)C1=CC=C(C(F)(F)F)CC=C1. The van der Waals surface area contributed by atoms with Gasteiger partial charge in [0.25, 0.3) is 5.91 Å². The second kappa shape index (κ2) is 12.0. The van der Waals surface area contributed by atoms with Crippen LogP contribution in [0, 0.1) is 0 Å². The molecule has 0 unspecified atom stereocenters. The van der Waals surface area contributed by atoms with Crippen molar-refractivity contribution in [3.05, 3.63) is 83.2 Å². The summed E-state index contributed by atoms with van der Waals surface area (Å²) in [7, 11) is 0. The first-order valence-corrected chi connectivity index (χ1v) is 13.5. The number of aliphatic imine (C=N–C) groups is 1. The number of aryl methyl sites for hydroxylation is 1. The number of ether oxygens (including phenoxy) is 1. The van der Waals surface area contributed by atoms with Gasteiger partial charge in [0, 0.05) is 30.6 Å². The number of carbonyl (C=O) groups is 1. The van der Waals surface area contributed by atoms with Gasteiger partial charge in [0.1, 0.15) is 0 Å². The summed E-state index contributed by atoms with van der Waals surface area (Å²) in [5.74, 6) is 0.497. The number of allylic oxidation sites excluding steroid dienone is 6. The van der Waals surface area contributed by atoms with Gasteiger partial charge in [0.05, 0.1) is 24.8 Å². The van der Waals surface area contributed by atoms with Gasteiger partial charge in [-0.3, -0.25) is 9.79 Å². The normalized spacial score (nSPS) is 20.0. The molecule has 2 aromatic rings. The molecule has 1 amide bonds. The highest BCUT2D eigenvalue weighted by molar-refractivity contribution is 6.00.